The van der Waals surface area contributed by atoms with Crippen LogP contribution in [-0.2, 0) is 4.79 Å². The lowest BCUT2D eigenvalue weighted by Crippen LogP contribution is -2.49. The van der Waals surface area contributed by atoms with Gasteiger partial charge in [0, 0.05) is 25.7 Å². The Labute approximate surface area is 111 Å². The molecule has 0 saturated carbocycles. The fraction of sp³-hybridized carbons (Fsp3) is 0.929. The van der Waals surface area contributed by atoms with Crippen molar-refractivity contribution >= 4 is 5.91 Å². The number of nitrogens with one attached hydrogen (secondary N) is 1. The maximum Gasteiger partial charge on any atom is 0.227 e. The lowest BCUT2D eigenvalue weighted by Gasteiger charge is -2.34. The highest BCUT2D eigenvalue weighted by Gasteiger charge is 2.31. The van der Waals surface area contributed by atoms with Crippen LogP contribution >= 0.6 is 0 Å². The SMILES string of the molecule is CCC1CN(C)CCCN1C(=O)C1CCCNC1. The van der Waals surface area contributed by atoms with Crippen molar-refractivity contribution in [3.8, 4) is 0 Å². The third-order valence-electron chi connectivity index (χ3n) is 4.30. The molecular weight excluding hydrogens is 226 g/mol. The Kier molecular flexibility index (Phi) is 5.01. The van der Waals surface area contributed by atoms with Crippen LogP contribution in [0.3, 0.4) is 0 Å². The summed E-state index contributed by atoms with van der Waals surface area (Å²) in [5, 5.41) is 3.35. The first kappa shape index (κ1) is 13.8. The lowest BCUT2D eigenvalue weighted by molar-refractivity contribution is -0.138. The Bertz CT molecular complexity index is 276. The summed E-state index contributed by atoms with van der Waals surface area (Å²) in [7, 11) is 2.17. The first-order chi connectivity index (χ1) is 8.72. The molecule has 104 valence electrons. The van der Waals surface area contributed by atoms with E-state index in [-0.39, 0.29) is 5.92 Å². The monoisotopic (exact) mass is 253 g/mol. The van der Waals surface area contributed by atoms with Crippen molar-refractivity contribution in [2.45, 2.75) is 38.6 Å². The molecule has 0 bridgehead atoms. The van der Waals surface area contributed by atoms with Crippen molar-refractivity contribution in [1.29, 1.82) is 0 Å². The van der Waals surface area contributed by atoms with Gasteiger partial charge in [-0.2, -0.15) is 0 Å². The van der Waals surface area contributed by atoms with Gasteiger partial charge in [-0.3, -0.25) is 4.79 Å². The summed E-state index contributed by atoms with van der Waals surface area (Å²) in [6, 6.07) is 0.409. The molecule has 0 aromatic rings. The second-order valence-electron chi connectivity index (χ2n) is 5.75. The van der Waals surface area contributed by atoms with E-state index in [1.807, 2.05) is 0 Å². The number of carbonyl (C=O) groups is 1. The quantitative estimate of drug-likeness (QED) is 0.795. The zero-order chi connectivity index (χ0) is 13.0. The van der Waals surface area contributed by atoms with Gasteiger partial charge in [0.25, 0.3) is 0 Å². The standard InChI is InChI=1S/C14H27N3O/c1-3-13-11-16(2)8-5-9-17(13)14(18)12-6-4-7-15-10-12/h12-13,15H,3-11H2,1-2H3. The molecule has 4 heteroatoms. The highest BCUT2D eigenvalue weighted by Crippen LogP contribution is 2.19. The number of piperidine rings is 1. The van der Waals surface area contributed by atoms with Crippen molar-refractivity contribution in [2.75, 3.05) is 39.8 Å². The zero-order valence-corrected chi connectivity index (χ0v) is 11.8. The highest BCUT2D eigenvalue weighted by atomic mass is 16.2. The Balaban J connectivity index is 2.01. The molecule has 2 atom stereocenters. The molecule has 2 aliphatic rings. The van der Waals surface area contributed by atoms with Crippen LogP contribution in [0.15, 0.2) is 0 Å². The van der Waals surface area contributed by atoms with Gasteiger partial charge in [0.2, 0.25) is 5.91 Å². The maximum absolute atomic E-state index is 12.6. The summed E-state index contributed by atoms with van der Waals surface area (Å²) < 4.78 is 0. The van der Waals surface area contributed by atoms with Crippen LogP contribution in [0, 0.1) is 5.92 Å². The van der Waals surface area contributed by atoms with E-state index in [2.05, 4.69) is 29.1 Å². The molecule has 18 heavy (non-hydrogen) atoms. The minimum atomic E-state index is 0.219. The number of nitrogens with zero attached hydrogens (tertiary/aromatic N) is 2. The Morgan fingerprint density at radius 3 is 2.83 bits per heavy atom. The number of hydrogen-bond donors (Lipinski definition) is 1. The van der Waals surface area contributed by atoms with Gasteiger partial charge < -0.3 is 15.1 Å². The second-order valence-corrected chi connectivity index (χ2v) is 5.75. The normalized spacial score (nSPS) is 31.1. The molecule has 2 fully saturated rings. The van der Waals surface area contributed by atoms with Crippen molar-refractivity contribution in [2.24, 2.45) is 5.92 Å². The number of likely N-dealkylation sites (N-methyl/N-ethyl adjacent to an activating group) is 1. The van der Waals surface area contributed by atoms with Gasteiger partial charge in [0.05, 0.1) is 5.92 Å². The Morgan fingerprint density at radius 2 is 2.17 bits per heavy atom. The topological polar surface area (TPSA) is 35.6 Å². The van der Waals surface area contributed by atoms with E-state index in [9.17, 15) is 4.79 Å². The molecule has 0 radical (unpaired) electrons. The smallest absolute Gasteiger partial charge is 0.227 e. The summed E-state index contributed by atoms with van der Waals surface area (Å²) >= 11 is 0. The molecule has 0 aliphatic carbocycles. The first-order valence-corrected chi connectivity index (χ1v) is 7.42. The van der Waals surface area contributed by atoms with E-state index in [0.29, 0.717) is 11.9 Å². The second kappa shape index (κ2) is 6.53. The van der Waals surface area contributed by atoms with Gasteiger partial charge in [-0.15, -0.1) is 0 Å². The van der Waals surface area contributed by atoms with Gasteiger partial charge in [-0.05, 0) is 45.8 Å². The Morgan fingerprint density at radius 1 is 1.33 bits per heavy atom. The molecular formula is C14H27N3O. The summed E-state index contributed by atoms with van der Waals surface area (Å²) in [5.41, 5.74) is 0. The van der Waals surface area contributed by atoms with Gasteiger partial charge in [0.1, 0.15) is 0 Å². The van der Waals surface area contributed by atoms with Gasteiger partial charge in [0.15, 0.2) is 0 Å². The van der Waals surface area contributed by atoms with Crippen LogP contribution < -0.4 is 5.32 Å². The van der Waals surface area contributed by atoms with Crippen LogP contribution in [0.5, 0.6) is 0 Å². The molecule has 4 nitrogen and oxygen atoms in total. The van der Waals surface area contributed by atoms with Gasteiger partial charge in [-0.25, -0.2) is 0 Å². The van der Waals surface area contributed by atoms with Crippen LogP contribution in [-0.4, -0.2) is 61.5 Å². The zero-order valence-electron chi connectivity index (χ0n) is 11.8. The van der Waals surface area contributed by atoms with Crippen molar-refractivity contribution in [3.63, 3.8) is 0 Å². The van der Waals surface area contributed by atoms with Crippen molar-refractivity contribution in [1.82, 2.24) is 15.1 Å². The van der Waals surface area contributed by atoms with E-state index < -0.39 is 0 Å². The average Bonchev–Trinajstić information content (AvgIpc) is 2.60. The van der Waals surface area contributed by atoms with Crippen LogP contribution in [0.25, 0.3) is 0 Å². The number of carbonyl (C=O) groups excluding carboxylic acids is 1. The molecule has 2 heterocycles. The van der Waals surface area contributed by atoms with Crippen molar-refractivity contribution in [3.05, 3.63) is 0 Å². The van der Waals surface area contributed by atoms with Crippen LogP contribution in [0.2, 0.25) is 0 Å². The predicted octanol–water partition coefficient (Wildman–Crippen LogP) is 0.929. The minimum Gasteiger partial charge on any atom is -0.338 e. The largest absolute Gasteiger partial charge is 0.338 e. The van der Waals surface area contributed by atoms with E-state index in [1.54, 1.807) is 0 Å². The number of amides is 1. The third-order valence-corrected chi connectivity index (χ3v) is 4.30. The molecule has 1 amide bonds. The highest BCUT2D eigenvalue weighted by molar-refractivity contribution is 5.79. The number of hydrogen-bond acceptors (Lipinski definition) is 3. The molecule has 0 spiro atoms. The fourth-order valence-corrected chi connectivity index (χ4v) is 3.18. The molecule has 0 aromatic heterocycles. The maximum atomic E-state index is 12.6. The predicted molar refractivity (Wildman–Crippen MR) is 73.5 cm³/mol. The lowest BCUT2D eigenvalue weighted by atomic mass is 9.97. The van der Waals surface area contributed by atoms with E-state index in [1.165, 1.54) is 0 Å². The average molecular weight is 253 g/mol. The van der Waals surface area contributed by atoms with Gasteiger partial charge >= 0.3 is 0 Å². The van der Waals surface area contributed by atoms with E-state index >= 15 is 0 Å². The van der Waals surface area contributed by atoms with Crippen LogP contribution in [0.1, 0.15) is 32.6 Å². The summed E-state index contributed by atoms with van der Waals surface area (Å²) in [5.74, 6) is 0.612. The Hall–Kier alpha value is -0.610. The van der Waals surface area contributed by atoms with E-state index in [0.717, 1.165) is 58.4 Å². The molecule has 2 unspecified atom stereocenters. The summed E-state index contributed by atoms with van der Waals surface area (Å²) in [4.78, 5) is 17.2. The number of rotatable bonds is 2. The first-order valence-electron chi connectivity index (χ1n) is 7.42. The van der Waals surface area contributed by atoms with Crippen LogP contribution in [0.4, 0.5) is 0 Å². The molecule has 2 aliphatic heterocycles. The summed E-state index contributed by atoms with van der Waals surface area (Å²) in [6.45, 7) is 7.23. The summed E-state index contributed by atoms with van der Waals surface area (Å²) in [6.07, 6.45) is 4.38. The third kappa shape index (κ3) is 3.23. The molecule has 2 saturated heterocycles. The van der Waals surface area contributed by atoms with E-state index in [4.69, 9.17) is 0 Å². The fourth-order valence-electron chi connectivity index (χ4n) is 3.18. The molecule has 0 aromatic carbocycles. The van der Waals surface area contributed by atoms with Crippen molar-refractivity contribution < 1.29 is 4.79 Å². The minimum absolute atomic E-state index is 0.219. The molecule has 2 rings (SSSR count). The van der Waals surface area contributed by atoms with Gasteiger partial charge in [-0.1, -0.05) is 6.92 Å². The molecule has 1 N–H and O–H groups in total.